The fourth-order valence-corrected chi connectivity index (χ4v) is 4.23. The van der Waals surface area contributed by atoms with Crippen LogP contribution in [0.3, 0.4) is 0 Å². The van der Waals surface area contributed by atoms with Gasteiger partial charge in [0.25, 0.3) is 5.91 Å². The Balaban J connectivity index is 2.14. The van der Waals surface area contributed by atoms with E-state index in [1.165, 1.54) is 34.6 Å². The summed E-state index contributed by atoms with van der Waals surface area (Å²) in [5.74, 6) is -1.74. The SMILES string of the molecule is CCN(CC)S(=O)(=O)c1ccc(O)c(NC(=O)COc2ccc(Br)cc2F)c1. The average molecular weight is 475 g/mol. The molecular weight excluding hydrogens is 455 g/mol. The Morgan fingerprint density at radius 3 is 2.50 bits per heavy atom. The van der Waals surface area contributed by atoms with Gasteiger partial charge in [-0.2, -0.15) is 4.31 Å². The number of carbonyl (C=O) groups is 1. The topological polar surface area (TPSA) is 95.9 Å². The molecule has 0 spiro atoms. The van der Waals surface area contributed by atoms with Crippen molar-refractivity contribution in [1.29, 1.82) is 0 Å². The first kappa shape index (κ1) is 22.1. The van der Waals surface area contributed by atoms with Crippen molar-refractivity contribution in [3.05, 3.63) is 46.7 Å². The smallest absolute Gasteiger partial charge is 0.262 e. The van der Waals surface area contributed by atoms with Crippen molar-refractivity contribution < 1.29 is 27.4 Å². The van der Waals surface area contributed by atoms with Gasteiger partial charge in [-0.3, -0.25) is 4.79 Å². The number of nitrogens with one attached hydrogen (secondary N) is 1. The highest BCUT2D eigenvalue weighted by atomic mass is 79.9. The van der Waals surface area contributed by atoms with E-state index in [0.717, 1.165) is 0 Å². The third-order valence-electron chi connectivity index (χ3n) is 3.84. The monoisotopic (exact) mass is 474 g/mol. The average Bonchev–Trinajstić information content (AvgIpc) is 2.63. The number of anilines is 1. The van der Waals surface area contributed by atoms with Crippen LogP contribution < -0.4 is 10.1 Å². The lowest BCUT2D eigenvalue weighted by Crippen LogP contribution is -2.30. The Morgan fingerprint density at radius 1 is 1.21 bits per heavy atom. The van der Waals surface area contributed by atoms with E-state index in [2.05, 4.69) is 21.2 Å². The summed E-state index contributed by atoms with van der Waals surface area (Å²) in [4.78, 5) is 12.0. The van der Waals surface area contributed by atoms with Gasteiger partial charge in [-0.15, -0.1) is 0 Å². The molecule has 0 heterocycles. The minimum Gasteiger partial charge on any atom is -0.506 e. The standard InChI is InChI=1S/C18H20BrFN2O5S/c1-3-22(4-2)28(25,26)13-6-7-16(23)15(10-13)21-18(24)11-27-17-8-5-12(19)9-14(17)20/h5-10,23H,3-4,11H2,1-2H3,(H,21,24). The van der Waals surface area contributed by atoms with E-state index >= 15 is 0 Å². The zero-order valence-corrected chi connectivity index (χ0v) is 17.7. The van der Waals surface area contributed by atoms with Crippen LogP contribution in [0, 0.1) is 5.82 Å². The molecule has 0 bridgehead atoms. The second kappa shape index (κ2) is 9.35. The summed E-state index contributed by atoms with van der Waals surface area (Å²) in [6, 6.07) is 7.72. The molecule has 1 amide bonds. The van der Waals surface area contributed by atoms with E-state index in [-0.39, 0.29) is 35.2 Å². The number of aromatic hydroxyl groups is 1. The molecule has 28 heavy (non-hydrogen) atoms. The van der Waals surface area contributed by atoms with Gasteiger partial charge in [0.15, 0.2) is 18.2 Å². The summed E-state index contributed by atoms with van der Waals surface area (Å²) in [6.45, 7) is 3.47. The van der Waals surface area contributed by atoms with E-state index in [1.807, 2.05) is 0 Å². The van der Waals surface area contributed by atoms with Crippen molar-refractivity contribution in [2.75, 3.05) is 25.0 Å². The van der Waals surface area contributed by atoms with Gasteiger partial charge in [-0.25, -0.2) is 12.8 Å². The number of sulfonamides is 1. The summed E-state index contributed by atoms with van der Waals surface area (Å²) in [6.07, 6.45) is 0. The molecule has 0 saturated heterocycles. The van der Waals surface area contributed by atoms with Crippen LogP contribution in [-0.2, 0) is 14.8 Å². The first-order chi connectivity index (χ1) is 13.2. The van der Waals surface area contributed by atoms with Crippen molar-refractivity contribution in [1.82, 2.24) is 4.31 Å². The lowest BCUT2D eigenvalue weighted by molar-refractivity contribution is -0.118. The van der Waals surface area contributed by atoms with Crippen molar-refractivity contribution in [3.63, 3.8) is 0 Å². The van der Waals surface area contributed by atoms with E-state index in [1.54, 1.807) is 19.9 Å². The number of carbonyl (C=O) groups excluding carboxylic acids is 1. The molecule has 0 atom stereocenters. The van der Waals surface area contributed by atoms with Gasteiger partial charge in [0.2, 0.25) is 10.0 Å². The molecular formula is C18H20BrFN2O5S. The fourth-order valence-electron chi connectivity index (χ4n) is 2.41. The summed E-state index contributed by atoms with van der Waals surface area (Å²) < 4.78 is 45.8. The highest BCUT2D eigenvalue weighted by molar-refractivity contribution is 9.10. The van der Waals surface area contributed by atoms with Gasteiger partial charge in [0.1, 0.15) is 5.75 Å². The predicted molar refractivity (Wildman–Crippen MR) is 106 cm³/mol. The van der Waals surface area contributed by atoms with E-state index in [0.29, 0.717) is 4.47 Å². The number of phenols is 1. The molecule has 0 fully saturated rings. The zero-order valence-electron chi connectivity index (χ0n) is 15.3. The normalized spacial score (nSPS) is 11.5. The van der Waals surface area contributed by atoms with Crippen LogP contribution in [0.5, 0.6) is 11.5 Å². The molecule has 2 rings (SSSR count). The fraction of sp³-hybridized carbons (Fsp3) is 0.278. The maximum Gasteiger partial charge on any atom is 0.262 e. The lowest BCUT2D eigenvalue weighted by Gasteiger charge is -2.19. The van der Waals surface area contributed by atoms with Gasteiger partial charge in [0.05, 0.1) is 10.6 Å². The van der Waals surface area contributed by atoms with E-state index in [4.69, 9.17) is 4.74 Å². The number of ether oxygens (including phenoxy) is 1. The molecule has 0 saturated carbocycles. The highest BCUT2D eigenvalue weighted by Crippen LogP contribution is 2.28. The molecule has 10 heteroatoms. The summed E-state index contributed by atoms with van der Waals surface area (Å²) in [7, 11) is -3.76. The van der Waals surface area contributed by atoms with Crippen LogP contribution in [0.25, 0.3) is 0 Å². The number of benzene rings is 2. The van der Waals surface area contributed by atoms with Crippen LogP contribution in [0.2, 0.25) is 0 Å². The van der Waals surface area contributed by atoms with Gasteiger partial charge >= 0.3 is 0 Å². The Bertz CT molecular complexity index is 964. The molecule has 0 aromatic heterocycles. The largest absolute Gasteiger partial charge is 0.506 e. The number of hydrogen-bond donors (Lipinski definition) is 2. The number of halogens is 2. The third kappa shape index (κ3) is 5.21. The minimum absolute atomic E-state index is 0.0656. The molecule has 7 nitrogen and oxygen atoms in total. The molecule has 0 aliphatic carbocycles. The molecule has 152 valence electrons. The van der Waals surface area contributed by atoms with Crippen LogP contribution in [0.15, 0.2) is 45.8 Å². The Hall–Kier alpha value is -2.17. The summed E-state index contributed by atoms with van der Waals surface area (Å²) in [5.41, 5.74) is -0.0851. The first-order valence-corrected chi connectivity index (χ1v) is 10.6. The van der Waals surface area contributed by atoms with Crippen molar-refractivity contribution in [2.24, 2.45) is 0 Å². The minimum atomic E-state index is -3.76. The second-order valence-electron chi connectivity index (χ2n) is 5.68. The van der Waals surface area contributed by atoms with Gasteiger partial charge in [0, 0.05) is 17.6 Å². The Kier molecular flexibility index (Phi) is 7.39. The van der Waals surface area contributed by atoms with Crippen LogP contribution in [-0.4, -0.2) is 43.4 Å². The molecule has 2 aromatic carbocycles. The number of rotatable bonds is 8. The number of amides is 1. The van der Waals surface area contributed by atoms with Crippen molar-refractivity contribution in [3.8, 4) is 11.5 Å². The van der Waals surface area contributed by atoms with Crippen LogP contribution >= 0.6 is 15.9 Å². The quantitative estimate of drug-likeness (QED) is 0.571. The molecule has 0 aliphatic rings. The maximum absolute atomic E-state index is 13.7. The highest BCUT2D eigenvalue weighted by Gasteiger charge is 2.23. The molecule has 0 aliphatic heterocycles. The second-order valence-corrected chi connectivity index (χ2v) is 8.53. The van der Waals surface area contributed by atoms with Crippen LogP contribution in [0.4, 0.5) is 10.1 Å². The Labute approximate surface area is 171 Å². The van der Waals surface area contributed by atoms with E-state index in [9.17, 15) is 22.7 Å². The number of phenolic OH excluding ortho intramolecular Hbond substituents is 1. The molecule has 0 radical (unpaired) electrons. The van der Waals surface area contributed by atoms with Gasteiger partial charge in [-0.1, -0.05) is 29.8 Å². The third-order valence-corrected chi connectivity index (χ3v) is 6.38. The van der Waals surface area contributed by atoms with Crippen molar-refractivity contribution in [2.45, 2.75) is 18.7 Å². The van der Waals surface area contributed by atoms with Gasteiger partial charge in [-0.05, 0) is 36.4 Å². The number of nitrogens with zero attached hydrogens (tertiary/aromatic N) is 1. The summed E-state index contributed by atoms with van der Waals surface area (Å²) >= 11 is 3.12. The lowest BCUT2D eigenvalue weighted by atomic mass is 10.3. The first-order valence-electron chi connectivity index (χ1n) is 8.39. The van der Waals surface area contributed by atoms with Crippen molar-refractivity contribution >= 4 is 37.5 Å². The van der Waals surface area contributed by atoms with Crippen LogP contribution in [0.1, 0.15) is 13.8 Å². The number of hydrogen-bond acceptors (Lipinski definition) is 5. The Morgan fingerprint density at radius 2 is 1.89 bits per heavy atom. The van der Waals surface area contributed by atoms with Gasteiger partial charge < -0.3 is 15.2 Å². The molecule has 2 aromatic rings. The molecule has 2 N–H and O–H groups in total. The zero-order chi connectivity index (χ0) is 20.9. The molecule has 0 unspecified atom stereocenters. The van der Waals surface area contributed by atoms with E-state index < -0.39 is 28.4 Å². The summed E-state index contributed by atoms with van der Waals surface area (Å²) in [5, 5.41) is 12.3. The maximum atomic E-state index is 13.7. The predicted octanol–water partition coefficient (Wildman–Crippen LogP) is 3.34.